The maximum atomic E-state index is 11.9. The van der Waals surface area contributed by atoms with Crippen LogP contribution in [0.1, 0.15) is 17.7 Å². The Bertz CT molecular complexity index is 824. The van der Waals surface area contributed by atoms with E-state index in [0.717, 1.165) is 17.0 Å². The van der Waals surface area contributed by atoms with Gasteiger partial charge >= 0.3 is 0 Å². The van der Waals surface area contributed by atoms with Crippen LogP contribution in [0.25, 0.3) is 0 Å². The molecule has 2 heterocycles. The third-order valence-electron chi connectivity index (χ3n) is 4.46. The molecule has 0 spiro atoms. The van der Waals surface area contributed by atoms with Gasteiger partial charge in [-0.05, 0) is 36.2 Å². The molecular weight excluding hydrogens is 360 g/mol. The minimum atomic E-state index is -2.96. The van der Waals surface area contributed by atoms with Gasteiger partial charge in [0.2, 0.25) is 0 Å². The number of hydrogen-bond donors (Lipinski definition) is 0. The number of halogens is 1. The first-order valence-electron chi connectivity index (χ1n) is 8.13. The highest BCUT2D eigenvalue weighted by atomic mass is 35.5. The van der Waals surface area contributed by atoms with Gasteiger partial charge in [0.1, 0.15) is 5.75 Å². The fourth-order valence-electron chi connectivity index (χ4n) is 3.07. The van der Waals surface area contributed by atoms with Gasteiger partial charge in [-0.15, -0.1) is 0 Å². The topological polar surface area (TPSA) is 59.5 Å². The molecule has 5 nitrogen and oxygen atoms in total. The fraction of sp³-hybridized carbons (Fsp3) is 0.389. The van der Waals surface area contributed by atoms with E-state index in [1.807, 2.05) is 24.3 Å². The van der Waals surface area contributed by atoms with Gasteiger partial charge in [-0.25, -0.2) is 8.42 Å². The number of ether oxygens (including phenoxy) is 1. The van der Waals surface area contributed by atoms with E-state index in [4.69, 9.17) is 16.3 Å². The molecule has 1 aliphatic heterocycles. The molecule has 7 heteroatoms. The Hall–Kier alpha value is -1.63. The largest absolute Gasteiger partial charge is 0.497 e. The summed E-state index contributed by atoms with van der Waals surface area (Å²) in [7, 11) is -1.33. The van der Waals surface area contributed by atoms with Crippen LogP contribution < -0.4 is 4.74 Å². The zero-order valence-corrected chi connectivity index (χ0v) is 15.6. The highest BCUT2D eigenvalue weighted by molar-refractivity contribution is 7.91. The summed E-state index contributed by atoms with van der Waals surface area (Å²) in [5, 5.41) is 0.600. The number of sulfone groups is 1. The average Bonchev–Trinajstić information content (AvgIpc) is 2.97. The SMILES string of the molecule is COc1ccc(CN(Cc2ncccc2Cl)C2CCS(=O)(=O)C2)cc1. The lowest BCUT2D eigenvalue weighted by atomic mass is 10.1. The predicted octanol–water partition coefficient (Wildman–Crippen LogP) is 2.93. The van der Waals surface area contributed by atoms with Crippen molar-refractivity contribution in [3.8, 4) is 5.75 Å². The standard InChI is InChI=1S/C18H21ClN2O3S/c1-24-16-6-4-14(5-7-16)11-21(15-8-10-25(22,23)13-15)12-18-17(19)3-2-9-20-18/h2-7,9,15H,8,10-13H2,1H3. The molecule has 1 saturated heterocycles. The van der Waals surface area contributed by atoms with Crippen LogP contribution in [0.4, 0.5) is 0 Å². The Kier molecular flexibility index (Phi) is 5.61. The van der Waals surface area contributed by atoms with Gasteiger partial charge in [0, 0.05) is 25.3 Å². The summed E-state index contributed by atoms with van der Waals surface area (Å²) in [6.45, 7) is 1.16. The first-order valence-corrected chi connectivity index (χ1v) is 10.3. The molecule has 134 valence electrons. The van der Waals surface area contributed by atoms with E-state index >= 15 is 0 Å². The maximum absolute atomic E-state index is 11.9. The average molecular weight is 381 g/mol. The van der Waals surface area contributed by atoms with Crippen molar-refractivity contribution < 1.29 is 13.2 Å². The van der Waals surface area contributed by atoms with Crippen molar-refractivity contribution >= 4 is 21.4 Å². The van der Waals surface area contributed by atoms with Crippen LogP contribution in [0, 0.1) is 0 Å². The predicted molar refractivity (Wildman–Crippen MR) is 98.5 cm³/mol. The van der Waals surface area contributed by atoms with Gasteiger partial charge in [-0.2, -0.15) is 0 Å². The van der Waals surface area contributed by atoms with Gasteiger partial charge in [0.05, 0.1) is 29.3 Å². The van der Waals surface area contributed by atoms with Gasteiger partial charge < -0.3 is 4.74 Å². The number of pyridine rings is 1. The molecular formula is C18H21ClN2O3S. The minimum Gasteiger partial charge on any atom is -0.497 e. The Morgan fingerprint density at radius 3 is 2.60 bits per heavy atom. The second kappa shape index (κ2) is 7.72. The summed E-state index contributed by atoms with van der Waals surface area (Å²) < 4.78 is 29.0. The fourth-order valence-corrected chi connectivity index (χ4v) is 5.01. The van der Waals surface area contributed by atoms with E-state index in [1.165, 1.54) is 0 Å². The van der Waals surface area contributed by atoms with Crippen molar-refractivity contribution in [2.75, 3.05) is 18.6 Å². The van der Waals surface area contributed by atoms with Crippen LogP contribution in [0.2, 0.25) is 5.02 Å². The number of methoxy groups -OCH3 is 1. The lowest BCUT2D eigenvalue weighted by Crippen LogP contribution is -2.35. The summed E-state index contributed by atoms with van der Waals surface area (Å²) in [4.78, 5) is 6.51. The van der Waals surface area contributed by atoms with E-state index in [-0.39, 0.29) is 17.5 Å². The lowest BCUT2D eigenvalue weighted by molar-refractivity contribution is 0.192. The van der Waals surface area contributed by atoms with Crippen LogP contribution >= 0.6 is 11.6 Å². The molecule has 1 aliphatic rings. The molecule has 0 radical (unpaired) electrons. The first kappa shape index (κ1) is 18.2. The molecule has 1 fully saturated rings. The van der Waals surface area contributed by atoms with Gasteiger partial charge in [-0.1, -0.05) is 23.7 Å². The highest BCUT2D eigenvalue weighted by Gasteiger charge is 2.32. The normalized spacial score (nSPS) is 19.2. The minimum absolute atomic E-state index is 0.0230. The summed E-state index contributed by atoms with van der Waals surface area (Å²) in [6, 6.07) is 11.4. The maximum Gasteiger partial charge on any atom is 0.151 e. The van der Waals surface area contributed by atoms with E-state index < -0.39 is 9.84 Å². The van der Waals surface area contributed by atoms with Crippen molar-refractivity contribution in [1.29, 1.82) is 0 Å². The van der Waals surface area contributed by atoms with E-state index in [2.05, 4.69) is 9.88 Å². The third-order valence-corrected chi connectivity index (χ3v) is 6.55. The first-order chi connectivity index (χ1) is 12.0. The number of nitrogens with zero attached hydrogens (tertiary/aromatic N) is 2. The van der Waals surface area contributed by atoms with Gasteiger partial charge in [-0.3, -0.25) is 9.88 Å². The summed E-state index contributed by atoms with van der Waals surface area (Å²) in [5.41, 5.74) is 1.86. The Balaban J connectivity index is 1.82. The molecule has 0 aliphatic carbocycles. The molecule has 0 bridgehead atoms. The molecule has 2 aromatic rings. The quantitative estimate of drug-likeness (QED) is 0.771. The number of rotatable bonds is 6. The zero-order valence-electron chi connectivity index (χ0n) is 14.1. The van der Waals surface area contributed by atoms with Crippen molar-refractivity contribution in [2.24, 2.45) is 0 Å². The third kappa shape index (κ3) is 4.71. The van der Waals surface area contributed by atoms with Gasteiger partial charge in [0.15, 0.2) is 9.84 Å². The summed E-state index contributed by atoms with van der Waals surface area (Å²) >= 11 is 6.25. The van der Waals surface area contributed by atoms with Crippen LogP contribution in [0.15, 0.2) is 42.6 Å². The van der Waals surface area contributed by atoms with Crippen LogP contribution in [-0.2, 0) is 22.9 Å². The van der Waals surface area contributed by atoms with Crippen molar-refractivity contribution in [2.45, 2.75) is 25.6 Å². The molecule has 1 aromatic carbocycles. The monoisotopic (exact) mass is 380 g/mol. The molecule has 25 heavy (non-hydrogen) atoms. The summed E-state index contributed by atoms with van der Waals surface area (Å²) in [5.74, 6) is 1.23. The Morgan fingerprint density at radius 1 is 1.24 bits per heavy atom. The molecule has 1 unspecified atom stereocenters. The Morgan fingerprint density at radius 2 is 2.00 bits per heavy atom. The van der Waals surface area contributed by atoms with E-state index in [9.17, 15) is 8.42 Å². The molecule has 0 saturated carbocycles. The molecule has 1 aromatic heterocycles. The number of benzene rings is 1. The summed E-state index contributed by atoms with van der Waals surface area (Å²) in [6.07, 6.45) is 2.35. The van der Waals surface area contributed by atoms with E-state index in [1.54, 1.807) is 25.4 Å². The van der Waals surface area contributed by atoms with E-state index in [0.29, 0.717) is 24.5 Å². The molecule has 1 atom stereocenters. The molecule has 3 rings (SSSR count). The van der Waals surface area contributed by atoms with Crippen LogP contribution in [0.5, 0.6) is 5.75 Å². The second-order valence-corrected chi connectivity index (χ2v) is 8.88. The Labute approximate surface area is 153 Å². The molecule has 0 amide bonds. The number of aromatic nitrogens is 1. The van der Waals surface area contributed by atoms with Crippen LogP contribution in [0.3, 0.4) is 0 Å². The van der Waals surface area contributed by atoms with Gasteiger partial charge in [0.25, 0.3) is 0 Å². The second-order valence-electron chi connectivity index (χ2n) is 6.24. The highest BCUT2D eigenvalue weighted by Crippen LogP contribution is 2.24. The number of hydrogen-bond acceptors (Lipinski definition) is 5. The zero-order chi connectivity index (χ0) is 17.9. The van der Waals surface area contributed by atoms with Crippen LogP contribution in [-0.4, -0.2) is 43.0 Å². The molecule has 0 N–H and O–H groups in total. The van der Waals surface area contributed by atoms with Crippen molar-refractivity contribution in [3.63, 3.8) is 0 Å². The lowest BCUT2D eigenvalue weighted by Gasteiger charge is -2.28. The van der Waals surface area contributed by atoms with Crippen molar-refractivity contribution in [1.82, 2.24) is 9.88 Å². The smallest absolute Gasteiger partial charge is 0.151 e. The van der Waals surface area contributed by atoms with Crippen molar-refractivity contribution in [3.05, 3.63) is 58.9 Å².